The number of hydrogen-bond acceptors (Lipinski definition) is 4. The zero-order valence-corrected chi connectivity index (χ0v) is 18.1. The molecular weight excluding hydrogens is 316 g/mol. The molecule has 0 unspecified atom stereocenters. The third-order valence-corrected chi connectivity index (χ3v) is 5.08. The maximum absolute atomic E-state index is 10.3. The zero-order chi connectivity index (χ0) is 19.0. The van der Waals surface area contributed by atoms with E-state index in [9.17, 15) is 5.11 Å². The van der Waals surface area contributed by atoms with Crippen LogP contribution in [0.4, 0.5) is 0 Å². The number of rotatable bonds is 8. The Kier molecular flexibility index (Phi) is 17.9. The fraction of sp³-hybridized carbons (Fsp3) is 0.900. The smallest absolute Gasteiger partial charge is 0.0654 e. The van der Waals surface area contributed by atoms with E-state index in [4.69, 9.17) is 0 Å². The summed E-state index contributed by atoms with van der Waals surface area (Å²) in [6.07, 6.45) is 8.64. The van der Waals surface area contributed by atoms with Crippen LogP contribution < -0.4 is 0 Å². The molecule has 0 amide bonds. The normalized spacial score (nSPS) is 16.0. The van der Waals surface area contributed by atoms with Gasteiger partial charge in [-0.2, -0.15) is 12.6 Å². The molecular formula is C20H44N2OS. The van der Waals surface area contributed by atoms with Gasteiger partial charge in [0.1, 0.15) is 0 Å². The Balaban J connectivity index is 0. The van der Waals surface area contributed by atoms with Gasteiger partial charge in [-0.05, 0) is 45.3 Å². The summed E-state index contributed by atoms with van der Waals surface area (Å²) in [7, 11) is 0. The van der Waals surface area contributed by atoms with Crippen molar-refractivity contribution in [1.29, 1.82) is 0 Å². The molecule has 1 heterocycles. The van der Waals surface area contributed by atoms with Crippen molar-refractivity contribution in [2.75, 3.05) is 39.0 Å². The number of piperazine rings is 1. The Morgan fingerprint density at radius 1 is 1.04 bits per heavy atom. The van der Waals surface area contributed by atoms with Crippen LogP contribution in [0.25, 0.3) is 0 Å². The van der Waals surface area contributed by atoms with E-state index in [1.165, 1.54) is 39.0 Å². The fourth-order valence-electron chi connectivity index (χ4n) is 3.13. The van der Waals surface area contributed by atoms with Crippen LogP contribution >= 0.6 is 12.6 Å². The first kappa shape index (κ1) is 26.2. The van der Waals surface area contributed by atoms with Crippen LogP contribution in [0.5, 0.6) is 0 Å². The summed E-state index contributed by atoms with van der Waals surface area (Å²) in [5, 5.41) is 10.3. The summed E-state index contributed by atoms with van der Waals surface area (Å²) in [5.74, 6) is 0. The lowest BCUT2D eigenvalue weighted by molar-refractivity contribution is 0.00628. The molecule has 146 valence electrons. The van der Waals surface area contributed by atoms with Gasteiger partial charge in [0.15, 0.2) is 0 Å². The van der Waals surface area contributed by atoms with Crippen LogP contribution in [0.1, 0.15) is 66.7 Å². The fourth-order valence-corrected chi connectivity index (χ4v) is 3.13. The van der Waals surface area contributed by atoms with E-state index >= 15 is 0 Å². The second-order valence-electron chi connectivity index (χ2n) is 6.44. The summed E-state index contributed by atoms with van der Waals surface area (Å²) in [4.78, 5) is 5.16. The van der Waals surface area contributed by atoms with Crippen molar-refractivity contribution in [3.05, 3.63) is 12.7 Å². The minimum atomic E-state index is -0.438. The highest BCUT2D eigenvalue weighted by Gasteiger charge is 2.25. The van der Waals surface area contributed by atoms with Crippen LogP contribution in [-0.2, 0) is 0 Å². The Bertz CT molecular complexity index is 271. The first-order valence-corrected chi connectivity index (χ1v) is 10.6. The van der Waals surface area contributed by atoms with Gasteiger partial charge in [-0.3, -0.25) is 4.90 Å². The van der Waals surface area contributed by atoms with Crippen molar-refractivity contribution in [2.24, 2.45) is 0 Å². The number of thiol groups is 1. The van der Waals surface area contributed by atoms with E-state index in [0.717, 1.165) is 31.8 Å². The SMILES string of the molecule is C=CC.CCC(CC)N1CCN(CCC(O)(CC)CC)CC1.CS. The van der Waals surface area contributed by atoms with Crippen LogP contribution in [0, 0.1) is 0 Å². The number of aliphatic hydroxyl groups is 1. The highest BCUT2D eigenvalue weighted by Crippen LogP contribution is 2.20. The third-order valence-electron chi connectivity index (χ3n) is 5.08. The standard InChI is InChI=1S/C16H34N2O.C3H6.CH4S/c1-5-15(6-2)18-13-11-17(12-14-18)10-9-16(19,7-3)8-4;1-3-2;1-2/h15,19H,5-14H2,1-4H3;3H,1H2,2H3;2H,1H3. The van der Waals surface area contributed by atoms with E-state index in [0.29, 0.717) is 0 Å². The molecule has 1 fully saturated rings. The monoisotopic (exact) mass is 360 g/mol. The van der Waals surface area contributed by atoms with Gasteiger partial charge in [0.05, 0.1) is 5.60 Å². The lowest BCUT2D eigenvalue weighted by Gasteiger charge is -2.39. The molecule has 4 heteroatoms. The quantitative estimate of drug-likeness (QED) is 0.494. The van der Waals surface area contributed by atoms with Gasteiger partial charge in [-0.25, -0.2) is 0 Å². The molecule has 0 aliphatic carbocycles. The predicted molar refractivity (Wildman–Crippen MR) is 113 cm³/mol. The summed E-state index contributed by atoms with van der Waals surface area (Å²) in [6, 6.07) is 0.769. The first-order chi connectivity index (χ1) is 11.5. The van der Waals surface area contributed by atoms with Gasteiger partial charge in [-0.1, -0.05) is 33.8 Å². The molecule has 3 nitrogen and oxygen atoms in total. The summed E-state index contributed by atoms with van der Waals surface area (Å²) in [5.41, 5.74) is -0.438. The molecule has 0 spiro atoms. The van der Waals surface area contributed by atoms with Gasteiger partial charge in [0.25, 0.3) is 0 Å². The minimum Gasteiger partial charge on any atom is -0.390 e. The topological polar surface area (TPSA) is 26.7 Å². The van der Waals surface area contributed by atoms with Crippen LogP contribution in [0.3, 0.4) is 0 Å². The van der Waals surface area contributed by atoms with Crippen molar-refractivity contribution in [2.45, 2.75) is 78.4 Å². The first-order valence-electron chi connectivity index (χ1n) is 9.70. The molecule has 0 bridgehead atoms. The molecule has 1 N–H and O–H groups in total. The molecule has 0 atom stereocenters. The van der Waals surface area contributed by atoms with Gasteiger partial charge in [0, 0.05) is 38.8 Å². The molecule has 1 aliphatic heterocycles. The van der Waals surface area contributed by atoms with Crippen LogP contribution in [0.2, 0.25) is 0 Å². The molecule has 1 saturated heterocycles. The lowest BCUT2D eigenvalue weighted by atomic mass is 9.93. The molecule has 0 aromatic rings. The zero-order valence-electron chi connectivity index (χ0n) is 17.2. The van der Waals surface area contributed by atoms with Gasteiger partial charge < -0.3 is 10.0 Å². The molecule has 0 radical (unpaired) electrons. The van der Waals surface area contributed by atoms with Crippen molar-refractivity contribution >= 4 is 12.6 Å². The van der Waals surface area contributed by atoms with Gasteiger partial charge in [0.2, 0.25) is 0 Å². The second-order valence-corrected chi connectivity index (χ2v) is 6.44. The number of allylic oxidation sites excluding steroid dienone is 1. The lowest BCUT2D eigenvalue weighted by Crippen LogP contribution is -2.50. The Morgan fingerprint density at radius 2 is 1.46 bits per heavy atom. The van der Waals surface area contributed by atoms with Crippen molar-refractivity contribution in [3.63, 3.8) is 0 Å². The summed E-state index contributed by atoms with van der Waals surface area (Å²) < 4.78 is 0. The van der Waals surface area contributed by atoms with E-state index in [1.54, 1.807) is 12.3 Å². The third kappa shape index (κ3) is 10.8. The van der Waals surface area contributed by atoms with Crippen molar-refractivity contribution in [3.8, 4) is 0 Å². The highest BCUT2D eigenvalue weighted by molar-refractivity contribution is 7.79. The van der Waals surface area contributed by atoms with E-state index < -0.39 is 5.60 Å². The second kappa shape index (κ2) is 16.4. The summed E-state index contributed by atoms with van der Waals surface area (Å²) >= 11 is 3.53. The molecule has 0 saturated carbocycles. The highest BCUT2D eigenvalue weighted by atomic mass is 32.1. The van der Waals surface area contributed by atoms with Crippen LogP contribution in [0.15, 0.2) is 12.7 Å². The van der Waals surface area contributed by atoms with Crippen molar-refractivity contribution < 1.29 is 5.11 Å². The van der Waals surface area contributed by atoms with Crippen LogP contribution in [-0.4, -0.2) is 65.5 Å². The number of hydrogen-bond donors (Lipinski definition) is 2. The largest absolute Gasteiger partial charge is 0.390 e. The van der Waals surface area contributed by atoms with E-state index in [-0.39, 0.29) is 0 Å². The molecule has 1 aliphatic rings. The number of nitrogens with zero attached hydrogens (tertiary/aromatic N) is 2. The van der Waals surface area contributed by atoms with Gasteiger partial charge >= 0.3 is 0 Å². The maximum atomic E-state index is 10.3. The Morgan fingerprint density at radius 3 is 1.79 bits per heavy atom. The predicted octanol–water partition coefficient (Wildman–Crippen LogP) is 4.47. The average molecular weight is 361 g/mol. The average Bonchev–Trinajstić information content (AvgIpc) is 2.64. The van der Waals surface area contributed by atoms with E-state index in [2.05, 4.69) is 56.7 Å². The molecule has 0 aromatic heterocycles. The van der Waals surface area contributed by atoms with Gasteiger partial charge in [-0.15, -0.1) is 6.58 Å². The minimum absolute atomic E-state index is 0.438. The van der Waals surface area contributed by atoms with E-state index in [1.807, 2.05) is 6.92 Å². The summed E-state index contributed by atoms with van der Waals surface area (Å²) in [6.45, 7) is 19.8. The molecule has 1 rings (SSSR count). The van der Waals surface area contributed by atoms with Crippen molar-refractivity contribution in [1.82, 2.24) is 9.80 Å². The Labute approximate surface area is 157 Å². The Hall–Kier alpha value is -0.0300. The molecule has 24 heavy (non-hydrogen) atoms. The maximum Gasteiger partial charge on any atom is 0.0654 e. The molecule has 0 aromatic carbocycles.